The van der Waals surface area contributed by atoms with Gasteiger partial charge in [-0.25, -0.2) is 18.1 Å². The summed E-state index contributed by atoms with van der Waals surface area (Å²) in [6, 6.07) is 12.7. The number of sulfonamides is 1. The number of imidazole rings is 1. The van der Waals surface area contributed by atoms with E-state index in [0.29, 0.717) is 42.0 Å². The van der Waals surface area contributed by atoms with E-state index in [4.69, 9.17) is 4.52 Å². The molecule has 0 atom stereocenters. The van der Waals surface area contributed by atoms with Crippen molar-refractivity contribution in [2.75, 3.05) is 11.3 Å². The van der Waals surface area contributed by atoms with E-state index < -0.39 is 10.0 Å². The summed E-state index contributed by atoms with van der Waals surface area (Å²) >= 11 is 0. The van der Waals surface area contributed by atoms with Gasteiger partial charge < -0.3 is 14.4 Å². The summed E-state index contributed by atoms with van der Waals surface area (Å²) in [5.74, 6) is 0.876. The van der Waals surface area contributed by atoms with E-state index in [1.54, 1.807) is 36.9 Å². The lowest BCUT2D eigenvalue weighted by molar-refractivity contribution is 0.0746. The van der Waals surface area contributed by atoms with E-state index in [2.05, 4.69) is 26.8 Å². The van der Waals surface area contributed by atoms with Gasteiger partial charge in [-0.05, 0) is 63.3 Å². The molecule has 1 amide bonds. The number of nitrogens with zero attached hydrogens (tertiary/aromatic N) is 3. The van der Waals surface area contributed by atoms with Gasteiger partial charge in [0.15, 0.2) is 0 Å². The number of carbonyl (C=O) groups is 1. The van der Waals surface area contributed by atoms with Crippen molar-refractivity contribution in [3.63, 3.8) is 0 Å². The molecule has 0 bridgehead atoms. The number of hydrogen-bond donors (Lipinski definition) is 2. The van der Waals surface area contributed by atoms with Gasteiger partial charge in [0.25, 0.3) is 15.9 Å². The Morgan fingerprint density at radius 2 is 1.80 bits per heavy atom. The zero-order valence-electron chi connectivity index (χ0n) is 24.0. The Labute approximate surface area is 236 Å². The van der Waals surface area contributed by atoms with Crippen molar-refractivity contribution in [3.05, 3.63) is 82.1 Å². The highest BCUT2D eigenvalue weighted by molar-refractivity contribution is 7.92. The van der Waals surface area contributed by atoms with E-state index in [1.807, 2.05) is 45.0 Å². The van der Waals surface area contributed by atoms with Gasteiger partial charge in [0.2, 0.25) is 5.88 Å². The average molecular weight is 564 g/mol. The molecule has 2 N–H and O–H groups in total. The van der Waals surface area contributed by atoms with Gasteiger partial charge in [-0.3, -0.25) is 4.79 Å². The van der Waals surface area contributed by atoms with Crippen molar-refractivity contribution in [2.24, 2.45) is 0 Å². The number of nitrogens with one attached hydrogen (secondary N) is 2. The molecule has 0 fully saturated rings. The van der Waals surface area contributed by atoms with E-state index in [-0.39, 0.29) is 16.7 Å². The van der Waals surface area contributed by atoms with E-state index in [1.165, 1.54) is 0 Å². The number of hydrogen-bond acceptors (Lipinski definition) is 6. The highest BCUT2D eigenvalue weighted by atomic mass is 32.2. The van der Waals surface area contributed by atoms with Crippen molar-refractivity contribution in [1.82, 2.24) is 20.0 Å². The van der Waals surface area contributed by atoms with Crippen LogP contribution in [0.15, 0.2) is 51.9 Å². The van der Waals surface area contributed by atoms with E-state index >= 15 is 0 Å². The average Bonchev–Trinajstić information content (AvgIpc) is 3.49. The first-order valence-electron chi connectivity index (χ1n) is 13.6. The Kier molecular flexibility index (Phi) is 8.78. The maximum atomic E-state index is 13.5. The lowest BCUT2D eigenvalue weighted by atomic mass is 9.98. The van der Waals surface area contributed by atoms with Crippen LogP contribution < -0.4 is 4.72 Å². The number of aryl methyl sites for hydroxylation is 4. The van der Waals surface area contributed by atoms with Crippen LogP contribution in [0.2, 0.25) is 0 Å². The summed E-state index contributed by atoms with van der Waals surface area (Å²) in [5, 5.41) is 3.84. The predicted molar refractivity (Wildman–Crippen MR) is 156 cm³/mol. The molecule has 9 nitrogen and oxygen atoms in total. The van der Waals surface area contributed by atoms with Gasteiger partial charge in [-0.1, -0.05) is 55.4 Å². The summed E-state index contributed by atoms with van der Waals surface area (Å²) in [6.45, 7) is 12.5. The van der Waals surface area contributed by atoms with Crippen molar-refractivity contribution in [2.45, 2.75) is 72.2 Å². The second kappa shape index (κ2) is 12.1. The minimum absolute atomic E-state index is 0.0728. The van der Waals surface area contributed by atoms with Gasteiger partial charge in [-0.15, -0.1) is 0 Å². The molecule has 0 saturated heterocycles. The van der Waals surface area contributed by atoms with Crippen LogP contribution in [-0.4, -0.2) is 40.9 Å². The SMILES string of the molecule is CCCc1nc(CC)c(C(=O)N(CC)Cc2ccc(-c3ccccc3S(=O)(=O)Nc3onc(C)c3C)c(C)c2)[nH]1. The molecule has 0 aliphatic heterocycles. The summed E-state index contributed by atoms with van der Waals surface area (Å²) < 4.78 is 34.5. The highest BCUT2D eigenvalue weighted by Crippen LogP contribution is 2.32. The molecular formula is C30H37N5O4S. The molecule has 4 rings (SSSR count). The van der Waals surface area contributed by atoms with Crippen LogP contribution in [0, 0.1) is 20.8 Å². The summed E-state index contributed by atoms with van der Waals surface area (Å²) in [5.41, 5.74) is 5.83. The maximum Gasteiger partial charge on any atom is 0.272 e. The third-order valence-corrected chi connectivity index (χ3v) is 8.44. The Balaban J connectivity index is 1.60. The van der Waals surface area contributed by atoms with E-state index in [9.17, 15) is 13.2 Å². The number of carbonyl (C=O) groups excluding carboxylic acids is 1. The second-order valence-electron chi connectivity index (χ2n) is 9.90. The monoisotopic (exact) mass is 563 g/mol. The normalized spacial score (nSPS) is 11.6. The Hall–Kier alpha value is -3.92. The number of amides is 1. The van der Waals surface area contributed by atoms with Crippen LogP contribution in [-0.2, 0) is 29.4 Å². The molecule has 4 aromatic rings. The quantitative estimate of drug-likeness (QED) is 0.232. The standard InChI is InChI=1S/C30H37N5O4S/c1-7-12-27-31-25(8-2)28(32-27)30(36)35(9-3)18-22-15-16-23(19(4)17-22)24-13-10-11-14-26(24)40(37,38)34-29-20(5)21(6)33-39-29/h10-11,13-17,34H,7-9,12,18H2,1-6H3,(H,31,32). The zero-order chi connectivity index (χ0) is 29.0. The van der Waals surface area contributed by atoms with Crippen molar-refractivity contribution in [1.29, 1.82) is 0 Å². The van der Waals surface area contributed by atoms with Gasteiger partial charge in [0, 0.05) is 30.6 Å². The first kappa shape index (κ1) is 29.1. The Morgan fingerprint density at radius 3 is 2.42 bits per heavy atom. The van der Waals surface area contributed by atoms with Crippen molar-refractivity contribution >= 4 is 21.8 Å². The van der Waals surface area contributed by atoms with Crippen LogP contribution in [0.25, 0.3) is 11.1 Å². The fraction of sp³-hybridized carbons (Fsp3) is 0.367. The van der Waals surface area contributed by atoms with Crippen LogP contribution in [0.5, 0.6) is 0 Å². The molecule has 0 spiro atoms. The van der Waals surface area contributed by atoms with Crippen LogP contribution in [0.3, 0.4) is 0 Å². The first-order valence-corrected chi connectivity index (χ1v) is 15.1. The second-order valence-corrected chi connectivity index (χ2v) is 11.6. The van der Waals surface area contributed by atoms with Crippen LogP contribution >= 0.6 is 0 Å². The van der Waals surface area contributed by atoms with E-state index in [0.717, 1.165) is 41.1 Å². The Morgan fingerprint density at radius 1 is 1.05 bits per heavy atom. The number of anilines is 1. The molecule has 2 heterocycles. The fourth-order valence-corrected chi connectivity index (χ4v) is 5.96. The molecule has 212 valence electrons. The molecule has 2 aromatic heterocycles. The largest absolute Gasteiger partial charge is 0.338 e. The van der Waals surface area contributed by atoms with Crippen molar-refractivity contribution < 1.29 is 17.7 Å². The number of H-pyrrole nitrogens is 1. The number of aromatic nitrogens is 3. The van der Waals surface area contributed by atoms with Gasteiger partial charge in [0.1, 0.15) is 11.5 Å². The topological polar surface area (TPSA) is 121 Å². The van der Waals surface area contributed by atoms with Crippen molar-refractivity contribution in [3.8, 4) is 11.1 Å². The Bertz CT molecular complexity index is 1620. The third kappa shape index (κ3) is 5.96. The first-order chi connectivity index (χ1) is 19.1. The minimum atomic E-state index is -3.95. The fourth-order valence-electron chi connectivity index (χ4n) is 4.69. The van der Waals surface area contributed by atoms with Gasteiger partial charge >= 0.3 is 0 Å². The lowest BCUT2D eigenvalue weighted by Gasteiger charge is -2.22. The molecule has 0 radical (unpaired) electrons. The lowest BCUT2D eigenvalue weighted by Crippen LogP contribution is -2.31. The molecule has 2 aromatic carbocycles. The summed E-state index contributed by atoms with van der Waals surface area (Å²) in [7, 11) is -3.95. The molecular weight excluding hydrogens is 526 g/mol. The maximum absolute atomic E-state index is 13.5. The van der Waals surface area contributed by atoms with Crippen LogP contribution in [0.4, 0.5) is 5.88 Å². The molecule has 10 heteroatoms. The molecule has 40 heavy (non-hydrogen) atoms. The number of benzene rings is 2. The zero-order valence-corrected chi connectivity index (χ0v) is 24.8. The minimum Gasteiger partial charge on any atom is -0.338 e. The number of rotatable bonds is 11. The molecule has 0 aliphatic carbocycles. The van der Waals surface area contributed by atoms with Gasteiger partial charge in [-0.2, -0.15) is 0 Å². The van der Waals surface area contributed by atoms with Gasteiger partial charge in [0.05, 0.1) is 16.3 Å². The molecule has 0 aliphatic rings. The van der Waals surface area contributed by atoms with Crippen LogP contribution in [0.1, 0.15) is 71.6 Å². The summed E-state index contributed by atoms with van der Waals surface area (Å²) in [4.78, 5) is 23.2. The smallest absolute Gasteiger partial charge is 0.272 e. The third-order valence-electron chi connectivity index (χ3n) is 7.05. The predicted octanol–water partition coefficient (Wildman–Crippen LogP) is 5.97. The molecule has 0 saturated carbocycles. The molecule has 0 unspecified atom stereocenters. The summed E-state index contributed by atoms with van der Waals surface area (Å²) in [6.07, 6.45) is 2.43. The number of aromatic amines is 1. The highest BCUT2D eigenvalue weighted by Gasteiger charge is 2.24.